The first-order valence-corrected chi connectivity index (χ1v) is 8.49. The van der Waals surface area contributed by atoms with Gasteiger partial charge in [0.25, 0.3) is 0 Å². The maximum absolute atomic E-state index is 12.7. The molecule has 1 saturated carbocycles. The molecule has 2 amide bonds. The van der Waals surface area contributed by atoms with Crippen molar-refractivity contribution >= 4 is 11.8 Å². The third kappa shape index (κ3) is 3.24. The number of nitrogens with two attached hydrogens (primary N) is 1. The zero-order chi connectivity index (χ0) is 16.3. The molecule has 1 saturated heterocycles. The lowest BCUT2D eigenvalue weighted by Crippen LogP contribution is -2.48. The quantitative estimate of drug-likeness (QED) is 0.764. The zero-order valence-electron chi connectivity index (χ0n) is 13.4. The lowest BCUT2D eigenvalue weighted by molar-refractivity contribution is -0.133. The number of hydrogen-bond acceptors (Lipinski definition) is 3. The van der Waals surface area contributed by atoms with E-state index in [2.05, 4.69) is 10.6 Å². The van der Waals surface area contributed by atoms with Crippen LogP contribution in [0, 0.1) is 11.3 Å². The first-order chi connectivity index (χ1) is 11.1. The monoisotopic (exact) mass is 315 g/mol. The van der Waals surface area contributed by atoms with Gasteiger partial charge in [0.1, 0.15) is 0 Å². The van der Waals surface area contributed by atoms with Gasteiger partial charge in [0, 0.05) is 18.7 Å². The predicted octanol–water partition coefficient (Wildman–Crippen LogP) is 1.22. The Balaban J connectivity index is 1.57. The van der Waals surface area contributed by atoms with E-state index in [1.165, 1.54) is 6.42 Å². The molecule has 1 heterocycles. The summed E-state index contributed by atoms with van der Waals surface area (Å²) in [6.45, 7) is 2.37. The van der Waals surface area contributed by atoms with E-state index in [1.807, 2.05) is 12.1 Å². The third-order valence-electron chi connectivity index (χ3n) is 5.40. The van der Waals surface area contributed by atoms with Gasteiger partial charge in [-0.05, 0) is 49.4 Å². The van der Waals surface area contributed by atoms with Crippen molar-refractivity contribution in [1.82, 2.24) is 10.6 Å². The standard InChI is InChI=1S/C18H25N3O2/c19-16(22)14-5-3-4-13(10-14)7-9-21-17(23)18-8-2-1-6-15(18)11-20-12-18/h3-5,10,15,20H,1-2,6-9,11-12H2,(H2,19,22)(H,21,23)/t15-,18+/m0/s1. The van der Waals surface area contributed by atoms with Crippen LogP contribution in [-0.4, -0.2) is 31.4 Å². The van der Waals surface area contributed by atoms with Gasteiger partial charge in [-0.15, -0.1) is 0 Å². The summed E-state index contributed by atoms with van der Waals surface area (Å²) in [4.78, 5) is 24.0. The van der Waals surface area contributed by atoms with Crippen molar-refractivity contribution < 1.29 is 9.59 Å². The highest BCUT2D eigenvalue weighted by molar-refractivity contribution is 5.92. The highest BCUT2D eigenvalue weighted by Crippen LogP contribution is 2.43. The van der Waals surface area contributed by atoms with E-state index in [9.17, 15) is 9.59 Å². The fraction of sp³-hybridized carbons (Fsp3) is 0.556. The van der Waals surface area contributed by atoms with E-state index in [0.29, 0.717) is 24.4 Å². The predicted molar refractivity (Wildman–Crippen MR) is 88.9 cm³/mol. The maximum Gasteiger partial charge on any atom is 0.248 e. The van der Waals surface area contributed by atoms with Gasteiger partial charge in [0.15, 0.2) is 0 Å². The minimum atomic E-state index is -0.420. The molecule has 124 valence electrons. The number of benzene rings is 1. The van der Waals surface area contributed by atoms with Crippen molar-refractivity contribution in [2.24, 2.45) is 17.1 Å². The van der Waals surface area contributed by atoms with E-state index < -0.39 is 5.91 Å². The molecule has 0 aromatic heterocycles. The second kappa shape index (κ2) is 6.71. The van der Waals surface area contributed by atoms with Crippen LogP contribution >= 0.6 is 0 Å². The van der Waals surface area contributed by atoms with E-state index in [1.54, 1.807) is 12.1 Å². The average molecular weight is 315 g/mol. The van der Waals surface area contributed by atoms with Crippen LogP contribution in [0.1, 0.15) is 41.6 Å². The molecule has 2 atom stereocenters. The van der Waals surface area contributed by atoms with Gasteiger partial charge >= 0.3 is 0 Å². The van der Waals surface area contributed by atoms with Crippen LogP contribution in [0.4, 0.5) is 0 Å². The lowest BCUT2D eigenvalue weighted by atomic mass is 9.67. The Morgan fingerprint density at radius 2 is 2.22 bits per heavy atom. The first kappa shape index (κ1) is 16.0. The number of fused-ring (bicyclic) bond motifs is 1. The zero-order valence-corrected chi connectivity index (χ0v) is 13.4. The van der Waals surface area contributed by atoms with Crippen LogP contribution in [-0.2, 0) is 11.2 Å². The molecule has 0 unspecified atom stereocenters. The second-order valence-electron chi connectivity index (χ2n) is 6.80. The molecular weight excluding hydrogens is 290 g/mol. The first-order valence-electron chi connectivity index (χ1n) is 8.49. The van der Waals surface area contributed by atoms with Crippen LogP contribution in [0.15, 0.2) is 24.3 Å². The summed E-state index contributed by atoms with van der Waals surface area (Å²) in [7, 11) is 0. The van der Waals surface area contributed by atoms with Crippen LogP contribution in [0.2, 0.25) is 0 Å². The molecule has 4 N–H and O–H groups in total. The van der Waals surface area contributed by atoms with Crippen LogP contribution in [0.3, 0.4) is 0 Å². The maximum atomic E-state index is 12.7. The minimum Gasteiger partial charge on any atom is -0.366 e. The van der Waals surface area contributed by atoms with Crippen LogP contribution in [0.25, 0.3) is 0 Å². The van der Waals surface area contributed by atoms with Gasteiger partial charge in [-0.25, -0.2) is 0 Å². The van der Waals surface area contributed by atoms with Crippen molar-refractivity contribution in [3.63, 3.8) is 0 Å². The number of amides is 2. The van der Waals surface area contributed by atoms with Crippen molar-refractivity contribution in [3.8, 4) is 0 Å². The number of rotatable bonds is 5. The fourth-order valence-corrected chi connectivity index (χ4v) is 4.07. The molecule has 1 aromatic carbocycles. The Bertz CT molecular complexity index is 602. The van der Waals surface area contributed by atoms with Crippen LogP contribution < -0.4 is 16.4 Å². The Morgan fingerprint density at radius 1 is 1.35 bits per heavy atom. The summed E-state index contributed by atoms with van der Waals surface area (Å²) < 4.78 is 0. The summed E-state index contributed by atoms with van der Waals surface area (Å²) in [6, 6.07) is 7.29. The molecule has 5 heteroatoms. The van der Waals surface area contributed by atoms with Gasteiger partial charge in [-0.1, -0.05) is 25.0 Å². The number of primary amides is 1. The summed E-state index contributed by atoms with van der Waals surface area (Å²) >= 11 is 0. The molecule has 1 aromatic rings. The molecule has 0 bridgehead atoms. The highest BCUT2D eigenvalue weighted by atomic mass is 16.2. The van der Waals surface area contributed by atoms with Crippen molar-refractivity contribution in [3.05, 3.63) is 35.4 Å². The molecule has 0 radical (unpaired) electrons. The largest absolute Gasteiger partial charge is 0.366 e. The van der Waals surface area contributed by atoms with Crippen molar-refractivity contribution in [2.45, 2.75) is 32.1 Å². The van der Waals surface area contributed by atoms with Crippen molar-refractivity contribution in [2.75, 3.05) is 19.6 Å². The molecule has 2 fully saturated rings. The normalized spacial score (nSPS) is 26.5. The Hall–Kier alpha value is -1.88. The molecule has 0 spiro atoms. The van der Waals surface area contributed by atoms with Gasteiger partial charge in [-0.2, -0.15) is 0 Å². The summed E-state index contributed by atoms with van der Waals surface area (Å²) in [5, 5.41) is 6.52. The topological polar surface area (TPSA) is 84.2 Å². The molecule has 1 aliphatic carbocycles. The fourth-order valence-electron chi connectivity index (χ4n) is 4.07. The summed E-state index contributed by atoms with van der Waals surface area (Å²) in [5.41, 5.74) is 6.63. The molecule has 1 aliphatic heterocycles. The van der Waals surface area contributed by atoms with Gasteiger partial charge in [0.05, 0.1) is 5.41 Å². The Kier molecular flexibility index (Phi) is 4.66. The van der Waals surface area contributed by atoms with Gasteiger partial charge < -0.3 is 16.4 Å². The van der Waals surface area contributed by atoms with Gasteiger partial charge in [0.2, 0.25) is 11.8 Å². The third-order valence-corrected chi connectivity index (χ3v) is 5.40. The van der Waals surface area contributed by atoms with E-state index in [0.717, 1.165) is 37.9 Å². The Labute approximate surface area is 137 Å². The smallest absolute Gasteiger partial charge is 0.248 e. The van der Waals surface area contributed by atoms with E-state index in [4.69, 9.17) is 5.73 Å². The van der Waals surface area contributed by atoms with Crippen molar-refractivity contribution in [1.29, 1.82) is 0 Å². The molecule has 5 nitrogen and oxygen atoms in total. The Morgan fingerprint density at radius 3 is 3.04 bits per heavy atom. The van der Waals surface area contributed by atoms with E-state index in [-0.39, 0.29) is 11.3 Å². The molecule has 23 heavy (non-hydrogen) atoms. The average Bonchev–Trinajstić information content (AvgIpc) is 3.00. The molecular formula is C18H25N3O2. The number of nitrogens with one attached hydrogen (secondary N) is 2. The molecule has 3 rings (SSSR count). The number of carbonyl (C=O) groups is 2. The highest BCUT2D eigenvalue weighted by Gasteiger charge is 2.49. The number of carbonyl (C=O) groups excluding carboxylic acids is 2. The van der Waals surface area contributed by atoms with E-state index >= 15 is 0 Å². The minimum absolute atomic E-state index is 0.193. The molecule has 2 aliphatic rings. The summed E-state index contributed by atoms with van der Waals surface area (Å²) in [5.74, 6) is 0.254. The number of hydrogen-bond donors (Lipinski definition) is 3. The second-order valence-corrected chi connectivity index (χ2v) is 6.80. The lowest BCUT2D eigenvalue weighted by Gasteiger charge is -2.37. The summed E-state index contributed by atoms with van der Waals surface area (Å²) in [6.07, 6.45) is 5.24. The van der Waals surface area contributed by atoms with Gasteiger partial charge in [-0.3, -0.25) is 9.59 Å². The van der Waals surface area contributed by atoms with Crippen LogP contribution in [0.5, 0.6) is 0 Å². The SMILES string of the molecule is NC(=O)c1cccc(CCNC(=O)[C@@]23CCCC[C@H]2CNC3)c1.